The number of fused-ring (bicyclic) bond motifs is 7. The topological polar surface area (TPSA) is 42.5 Å². The van der Waals surface area contributed by atoms with Gasteiger partial charge in [-0.3, -0.25) is 4.99 Å². The second-order valence-corrected chi connectivity index (χ2v) is 12.4. The third-order valence-electron chi connectivity index (χ3n) is 9.63. The number of hydrogen-bond donors (Lipinski definition) is 1. The van der Waals surface area contributed by atoms with Crippen LogP contribution in [-0.4, -0.2) is 4.57 Å². The Morgan fingerprint density at radius 3 is 2.12 bits per heavy atom. The van der Waals surface area contributed by atoms with E-state index in [0.717, 1.165) is 66.1 Å². The van der Waals surface area contributed by atoms with Gasteiger partial charge in [-0.15, -0.1) is 0 Å². The average molecular weight is 616 g/mol. The third-order valence-corrected chi connectivity index (χ3v) is 9.63. The highest BCUT2D eigenvalue weighted by Gasteiger charge is 2.24. The van der Waals surface area contributed by atoms with Gasteiger partial charge in [0.05, 0.1) is 27.8 Å². The van der Waals surface area contributed by atoms with Crippen LogP contribution in [0.25, 0.3) is 66.3 Å². The molecule has 1 N–H and O–H groups in total. The molecule has 0 radical (unpaired) electrons. The molecule has 226 valence electrons. The van der Waals surface area contributed by atoms with Crippen LogP contribution in [0.1, 0.15) is 17.3 Å². The number of hydrogen-bond acceptors (Lipinski definition) is 3. The van der Waals surface area contributed by atoms with Crippen LogP contribution in [0.15, 0.2) is 173 Å². The molecule has 0 aliphatic carbocycles. The van der Waals surface area contributed by atoms with Crippen LogP contribution in [0, 0.1) is 0 Å². The Balaban J connectivity index is 1.19. The van der Waals surface area contributed by atoms with Gasteiger partial charge in [0.2, 0.25) is 0 Å². The molecule has 0 saturated carbocycles. The number of para-hydroxylation sites is 3. The minimum Gasteiger partial charge on any atom is -0.454 e. The first-order valence-electron chi connectivity index (χ1n) is 16.3. The highest BCUT2D eigenvalue weighted by atomic mass is 16.3. The highest BCUT2D eigenvalue weighted by molar-refractivity contribution is 6.14. The SMILES string of the molecule is c1ccc(C2=c3ccccc3=NC(c3cccc4oc5c(-n6c7ccccc7c7cc(-c8ccccc8)ccc76)cccc5c34)N2)cc1. The second-order valence-electron chi connectivity index (χ2n) is 12.4. The Morgan fingerprint density at radius 2 is 1.25 bits per heavy atom. The van der Waals surface area contributed by atoms with Crippen molar-refractivity contribution in [2.45, 2.75) is 6.17 Å². The van der Waals surface area contributed by atoms with Crippen molar-refractivity contribution in [1.29, 1.82) is 0 Å². The van der Waals surface area contributed by atoms with Crippen molar-refractivity contribution in [2.75, 3.05) is 0 Å². The lowest BCUT2D eigenvalue weighted by molar-refractivity contribution is 0.636. The summed E-state index contributed by atoms with van der Waals surface area (Å²) in [6.07, 6.45) is -0.284. The Morgan fingerprint density at radius 1 is 0.542 bits per heavy atom. The van der Waals surface area contributed by atoms with Crippen molar-refractivity contribution in [3.05, 3.63) is 185 Å². The summed E-state index contributed by atoms with van der Waals surface area (Å²) >= 11 is 0. The molecule has 0 fully saturated rings. The molecule has 0 bridgehead atoms. The van der Waals surface area contributed by atoms with Crippen molar-refractivity contribution in [3.8, 4) is 16.8 Å². The molecule has 4 heteroatoms. The molecule has 10 rings (SSSR count). The molecule has 2 aromatic heterocycles. The summed E-state index contributed by atoms with van der Waals surface area (Å²) in [5, 5.41) is 10.5. The van der Waals surface area contributed by atoms with Crippen LogP contribution in [0.3, 0.4) is 0 Å². The Kier molecular flexibility index (Phi) is 5.90. The Labute approximate surface area is 276 Å². The first-order chi connectivity index (χ1) is 23.8. The van der Waals surface area contributed by atoms with Gasteiger partial charge >= 0.3 is 0 Å². The molecule has 9 aromatic rings. The fourth-order valence-corrected chi connectivity index (χ4v) is 7.48. The van der Waals surface area contributed by atoms with E-state index in [4.69, 9.17) is 9.41 Å². The van der Waals surface area contributed by atoms with Gasteiger partial charge in [0, 0.05) is 32.3 Å². The third kappa shape index (κ3) is 4.06. The molecule has 1 unspecified atom stereocenters. The van der Waals surface area contributed by atoms with Gasteiger partial charge < -0.3 is 14.3 Å². The Hall–Kier alpha value is -6.39. The average Bonchev–Trinajstić information content (AvgIpc) is 3.71. The van der Waals surface area contributed by atoms with E-state index >= 15 is 0 Å². The predicted octanol–water partition coefficient (Wildman–Crippen LogP) is 9.43. The highest BCUT2D eigenvalue weighted by Crippen LogP contribution is 2.41. The van der Waals surface area contributed by atoms with E-state index in [9.17, 15) is 0 Å². The molecule has 1 aliphatic rings. The van der Waals surface area contributed by atoms with Crippen molar-refractivity contribution < 1.29 is 4.42 Å². The summed E-state index contributed by atoms with van der Waals surface area (Å²) in [4.78, 5) is 5.24. The molecular formula is C44H29N3O. The molecule has 3 heterocycles. The molecule has 7 aromatic carbocycles. The van der Waals surface area contributed by atoms with Gasteiger partial charge in [-0.25, -0.2) is 0 Å². The second kappa shape index (κ2) is 10.6. The molecule has 4 nitrogen and oxygen atoms in total. The quantitative estimate of drug-likeness (QED) is 0.214. The van der Waals surface area contributed by atoms with E-state index in [-0.39, 0.29) is 6.17 Å². The van der Waals surface area contributed by atoms with Crippen LogP contribution < -0.4 is 15.9 Å². The largest absolute Gasteiger partial charge is 0.454 e. The van der Waals surface area contributed by atoms with Gasteiger partial charge in [-0.05, 0) is 53.1 Å². The van der Waals surface area contributed by atoms with Crippen LogP contribution in [-0.2, 0) is 0 Å². The number of benzene rings is 7. The van der Waals surface area contributed by atoms with Gasteiger partial charge in [0.15, 0.2) is 5.58 Å². The van der Waals surface area contributed by atoms with E-state index in [1.54, 1.807) is 0 Å². The first-order valence-corrected chi connectivity index (χ1v) is 16.3. The van der Waals surface area contributed by atoms with Crippen molar-refractivity contribution >= 4 is 49.4 Å². The Bertz CT molecular complexity index is 2810. The molecule has 0 saturated heterocycles. The molecule has 1 atom stereocenters. The smallest absolute Gasteiger partial charge is 0.159 e. The molecule has 1 aliphatic heterocycles. The van der Waals surface area contributed by atoms with Crippen LogP contribution in [0.4, 0.5) is 0 Å². The number of furan rings is 1. The van der Waals surface area contributed by atoms with Crippen LogP contribution >= 0.6 is 0 Å². The van der Waals surface area contributed by atoms with Gasteiger partial charge in [0.25, 0.3) is 0 Å². The first kappa shape index (κ1) is 26.8. The van der Waals surface area contributed by atoms with E-state index < -0.39 is 0 Å². The number of nitrogens with zero attached hydrogens (tertiary/aromatic N) is 2. The summed E-state index contributed by atoms with van der Waals surface area (Å²) in [7, 11) is 0. The van der Waals surface area contributed by atoms with E-state index in [0.29, 0.717) is 0 Å². The van der Waals surface area contributed by atoms with Crippen molar-refractivity contribution in [1.82, 2.24) is 9.88 Å². The van der Waals surface area contributed by atoms with Gasteiger partial charge in [0.1, 0.15) is 11.7 Å². The van der Waals surface area contributed by atoms with Gasteiger partial charge in [-0.2, -0.15) is 0 Å². The predicted molar refractivity (Wildman–Crippen MR) is 196 cm³/mol. The zero-order valence-electron chi connectivity index (χ0n) is 26.0. The number of aromatic nitrogens is 1. The maximum Gasteiger partial charge on any atom is 0.159 e. The minimum absolute atomic E-state index is 0.284. The number of rotatable bonds is 4. The summed E-state index contributed by atoms with van der Waals surface area (Å²) in [5.41, 5.74) is 10.7. The monoisotopic (exact) mass is 615 g/mol. The molecule has 48 heavy (non-hydrogen) atoms. The fourth-order valence-electron chi connectivity index (χ4n) is 7.48. The zero-order valence-corrected chi connectivity index (χ0v) is 26.0. The summed E-state index contributed by atoms with van der Waals surface area (Å²) < 4.78 is 9.17. The summed E-state index contributed by atoms with van der Waals surface area (Å²) in [5.74, 6) is 0. The summed E-state index contributed by atoms with van der Waals surface area (Å²) in [6, 6.07) is 57.7. The van der Waals surface area contributed by atoms with Gasteiger partial charge in [-0.1, -0.05) is 127 Å². The zero-order chi connectivity index (χ0) is 31.6. The minimum atomic E-state index is -0.284. The fraction of sp³-hybridized carbons (Fsp3) is 0.0227. The molecule has 0 amide bonds. The maximum atomic E-state index is 6.81. The lowest BCUT2D eigenvalue weighted by Gasteiger charge is -2.23. The standard InChI is InChI=1S/C44H29N3O/c1-3-13-28(14-4-1)30-25-26-38-35(27-30)31-17-8-10-22-37(31)47(38)39-23-11-19-33-41-34(20-12-24-40(41)48-43(33)39)44-45-36-21-9-7-18-32(36)42(46-44)29-15-5-2-6-16-29/h1-27,44,46H. The van der Waals surface area contributed by atoms with Crippen molar-refractivity contribution in [3.63, 3.8) is 0 Å². The number of nitrogens with one attached hydrogen (secondary N) is 1. The normalized spacial score (nSPS) is 14.3. The van der Waals surface area contributed by atoms with Crippen LogP contribution in [0.2, 0.25) is 0 Å². The van der Waals surface area contributed by atoms with Crippen LogP contribution in [0.5, 0.6) is 0 Å². The van der Waals surface area contributed by atoms with E-state index in [1.807, 2.05) is 0 Å². The maximum absolute atomic E-state index is 6.81. The lowest BCUT2D eigenvalue weighted by Crippen LogP contribution is -2.39. The molecule has 0 spiro atoms. The lowest BCUT2D eigenvalue weighted by atomic mass is 10.0. The van der Waals surface area contributed by atoms with E-state index in [2.05, 4.69) is 174 Å². The molecular weight excluding hydrogens is 587 g/mol. The van der Waals surface area contributed by atoms with Crippen molar-refractivity contribution in [2.24, 2.45) is 4.99 Å². The summed E-state index contributed by atoms with van der Waals surface area (Å²) in [6.45, 7) is 0. The van der Waals surface area contributed by atoms with E-state index in [1.165, 1.54) is 21.9 Å².